The Balaban J connectivity index is 2.15. The number of hydrogen-bond acceptors (Lipinski definition) is 3. The molecule has 0 amide bonds. The zero-order chi connectivity index (χ0) is 14.9. The maximum absolute atomic E-state index is 7.37. The molecule has 3 N–H and O–H groups in total. The minimum atomic E-state index is -0.0770. The van der Waals surface area contributed by atoms with Gasteiger partial charge in [-0.05, 0) is 25.1 Å². The predicted octanol–water partition coefficient (Wildman–Crippen LogP) is 2.90. The Bertz CT molecular complexity index is 667. The minimum absolute atomic E-state index is 0.0770. The first kappa shape index (κ1) is 14.7. The van der Waals surface area contributed by atoms with Crippen molar-refractivity contribution in [3.05, 3.63) is 45.2 Å². The number of nitrogens with zero attached hydrogens (tertiary/aromatic N) is 2. The molecular weight excluding hydrogens is 299 g/mol. The Morgan fingerprint density at radius 2 is 2.15 bits per heavy atom. The zero-order valence-electron chi connectivity index (χ0n) is 11.1. The number of nitrogens with two attached hydrogens (primary N) is 1. The predicted molar refractivity (Wildman–Crippen MR) is 79.8 cm³/mol. The Morgan fingerprint density at radius 1 is 1.45 bits per heavy atom. The van der Waals surface area contributed by atoms with E-state index in [1.54, 1.807) is 22.9 Å². The molecule has 1 aromatic heterocycles. The van der Waals surface area contributed by atoms with Gasteiger partial charge in [-0.2, -0.15) is 5.10 Å². The van der Waals surface area contributed by atoms with Crippen LogP contribution in [-0.4, -0.2) is 15.6 Å². The molecule has 1 aromatic carbocycles. The van der Waals surface area contributed by atoms with Crippen molar-refractivity contribution in [1.82, 2.24) is 9.78 Å². The van der Waals surface area contributed by atoms with Gasteiger partial charge in [0.2, 0.25) is 0 Å². The lowest BCUT2D eigenvalue weighted by molar-refractivity contribution is 0.295. The molecule has 1 heterocycles. The molecule has 2 rings (SSSR count). The van der Waals surface area contributed by atoms with Crippen molar-refractivity contribution in [2.75, 3.05) is 0 Å². The van der Waals surface area contributed by atoms with Crippen LogP contribution in [-0.2, 0) is 13.7 Å². The average molecular weight is 313 g/mol. The van der Waals surface area contributed by atoms with Gasteiger partial charge in [0.1, 0.15) is 18.2 Å². The number of benzene rings is 1. The molecule has 0 saturated carbocycles. The Labute approximate surface area is 126 Å². The highest BCUT2D eigenvalue weighted by molar-refractivity contribution is 6.34. The molecule has 0 bridgehead atoms. The number of nitrogens with one attached hydrogen (secondary N) is 1. The highest BCUT2D eigenvalue weighted by Crippen LogP contribution is 2.25. The van der Waals surface area contributed by atoms with Gasteiger partial charge >= 0.3 is 0 Å². The van der Waals surface area contributed by atoms with E-state index in [-0.39, 0.29) is 12.4 Å². The van der Waals surface area contributed by atoms with Crippen molar-refractivity contribution < 1.29 is 4.74 Å². The van der Waals surface area contributed by atoms with E-state index in [0.717, 1.165) is 11.4 Å². The van der Waals surface area contributed by atoms with Crippen LogP contribution in [0.1, 0.15) is 17.0 Å². The molecule has 7 heteroatoms. The highest BCUT2D eigenvalue weighted by Gasteiger charge is 2.12. The monoisotopic (exact) mass is 312 g/mol. The lowest BCUT2D eigenvalue weighted by atomic mass is 10.2. The Kier molecular flexibility index (Phi) is 4.20. The maximum Gasteiger partial charge on any atom is 0.131 e. The molecule has 0 aliphatic heterocycles. The summed E-state index contributed by atoms with van der Waals surface area (Å²) in [6.45, 7) is 2.12. The lowest BCUT2D eigenvalue weighted by Gasteiger charge is -2.09. The number of ether oxygens (including phenoxy) is 1. The number of hydrogen-bond donors (Lipinski definition) is 2. The second-order valence-corrected chi connectivity index (χ2v) is 5.10. The second kappa shape index (κ2) is 5.73. The first-order valence-corrected chi connectivity index (χ1v) is 6.60. The summed E-state index contributed by atoms with van der Waals surface area (Å²) >= 11 is 12.2. The first-order chi connectivity index (χ1) is 9.40. The van der Waals surface area contributed by atoms with Crippen molar-refractivity contribution in [3.8, 4) is 5.75 Å². The minimum Gasteiger partial charge on any atom is -0.487 e. The van der Waals surface area contributed by atoms with E-state index in [4.69, 9.17) is 39.1 Å². The second-order valence-electron chi connectivity index (χ2n) is 4.31. The standard InChI is InChI=1S/C13H14Cl2N4O/c1-7-12(15)11(19(2)18-7)6-20-8-3-4-9(13(16)17)10(14)5-8/h3-5H,6H2,1-2H3,(H3,16,17). The van der Waals surface area contributed by atoms with Crippen LogP contribution in [0, 0.1) is 12.3 Å². The highest BCUT2D eigenvalue weighted by atomic mass is 35.5. The molecule has 0 aliphatic carbocycles. The molecular formula is C13H14Cl2N4O. The summed E-state index contributed by atoms with van der Waals surface area (Å²) in [5.74, 6) is 0.502. The van der Waals surface area contributed by atoms with E-state index < -0.39 is 0 Å². The number of halogens is 2. The zero-order valence-corrected chi connectivity index (χ0v) is 12.6. The van der Waals surface area contributed by atoms with E-state index in [2.05, 4.69) is 5.10 Å². The Morgan fingerprint density at radius 3 is 2.65 bits per heavy atom. The van der Waals surface area contributed by atoms with Gasteiger partial charge in [0.15, 0.2) is 0 Å². The van der Waals surface area contributed by atoms with Crippen LogP contribution < -0.4 is 10.5 Å². The van der Waals surface area contributed by atoms with Crippen LogP contribution in [0.2, 0.25) is 10.0 Å². The third-order valence-corrected chi connectivity index (χ3v) is 3.67. The van der Waals surface area contributed by atoms with E-state index in [9.17, 15) is 0 Å². The van der Waals surface area contributed by atoms with Gasteiger partial charge < -0.3 is 10.5 Å². The molecule has 0 aliphatic rings. The molecule has 2 aromatic rings. The smallest absolute Gasteiger partial charge is 0.131 e. The number of aryl methyl sites for hydroxylation is 2. The number of amidine groups is 1. The van der Waals surface area contributed by atoms with Gasteiger partial charge in [-0.3, -0.25) is 10.1 Å². The normalized spacial score (nSPS) is 10.6. The molecule has 0 radical (unpaired) electrons. The number of nitrogen functional groups attached to an aromatic ring is 1. The molecule has 0 fully saturated rings. The van der Waals surface area contributed by atoms with Crippen LogP contribution in [0.3, 0.4) is 0 Å². The average Bonchev–Trinajstić information content (AvgIpc) is 2.61. The van der Waals surface area contributed by atoms with Crippen molar-refractivity contribution in [2.45, 2.75) is 13.5 Å². The van der Waals surface area contributed by atoms with Gasteiger partial charge in [0.25, 0.3) is 0 Å². The molecule has 0 atom stereocenters. The van der Waals surface area contributed by atoms with E-state index in [1.807, 2.05) is 14.0 Å². The van der Waals surface area contributed by atoms with Crippen LogP contribution >= 0.6 is 23.2 Å². The SMILES string of the molecule is Cc1nn(C)c(COc2ccc(C(=N)N)c(Cl)c2)c1Cl. The fourth-order valence-electron chi connectivity index (χ4n) is 1.79. The van der Waals surface area contributed by atoms with E-state index >= 15 is 0 Å². The van der Waals surface area contributed by atoms with Crippen LogP contribution in [0.25, 0.3) is 0 Å². The fourth-order valence-corrected chi connectivity index (χ4v) is 2.28. The van der Waals surface area contributed by atoms with Gasteiger partial charge in [0.05, 0.1) is 21.4 Å². The third-order valence-electron chi connectivity index (χ3n) is 2.87. The van der Waals surface area contributed by atoms with Gasteiger partial charge in [-0.25, -0.2) is 0 Å². The number of rotatable bonds is 4. The van der Waals surface area contributed by atoms with Crippen molar-refractivity contribution in [1.29, 1.82) is 5.41 Å². The van der Waals surface area contributed by atoms with Gasteiger partial charge in [-0.15, -0.1) is 0 Å². The van der Waals surface area contributed by atoms with E-state index in [0.29, 0.717) is 21.4 Å². The van der Waals surface area contributed by atoms with Crippen LogP contribution in [0.5, 0.6) is 5.75 Å². The first-order valence-electron chi connectivity index (χ1n) is 5.85. The number of aromatic nitrogens is 2. The molecule has 106 valence electrons. The molecule has 5 nitrogen and oxygen atoms in total. The van der Waals surface area contributed by atoms with Crippen molar-refractivity contribution in [3.63, 3.8) is 0 Å². The summed E-state index contributed by atoms with van der Waals surface area (Å²) in [5.41, 5.74) is 7.43. The molecule has 20 heavy (non-hydrogen) atoms. The summed E-state index contributed by atoms with van der Waals surface area (Å²) in [4.78, 5) is 0. The molecule has 0 unspecified atom stereocenters. The Hall–Kier alpha value is -1.72. The van der Waals surface area contributed by atoms with E-state index in [1.165, 1.54) is 0 Å². The molecule has 0 spiro atoms. The van der Waals surface area contributed by atoms with Gasteiger partial charge in [-0.1, -0.05) is 23.2 Å². The van der Waals surface area contributed by atoms with Crippen LogP contribution in [0.15, 0.2) is 18.2 Å². The van der Waals surface area contributed by atoms with Crippen LogP contribution in [0.4, 0.5) is 0 Å². The quantitative estimate of drug-likeness (QED) is 0.673. The van der Waals surface area contributed by atoms with Crippen molar-refractivity contribution in [2.24, 2.45) is 12.8 Å². The van der Waals surface area contributed by atoms with Crippen molar-refractivity contribution >= 4 is 29.0 Å². The van der Waals surface area contributed by atoms with Gasteiger partial charge in [0, 0.05) is 12.6 Å². The summed E-state index contributed by atoms with van der Waals surface area (Å²) in [6.07, 6.45) is 0. The summed E-state index contributed by atoms with van der Waals surface area (Å²) < 4.78 is 7.33. The summed E-state index contributed by atoms with van der Waals surface area (Å²) in [7, 11) is 1.81. The summed E-state index contributed by atoms with van der Waals surface area (Å²) in [5, 5.41) is 12.6. The fraction of sp³-hybridized carbons (Fsp3) is 0.231. The summed E-state index contributed by atoms with van der Waals surface area (Å²) in [6, 6.07) is 4.98. The third kappa shape index (κ3) is 2.89. The lowest BCUT2D eigenvalue weighted by Crippen LogP contribution is -2.11. The largest absolute Gasteiger partial charge is 0.487 e. The maximum atomic E-state index is 7.37. The topological polar surface area (TPSA) is 76.9 Å². The molecule has 0 saturated heterocycles.